The fourth-order valence-corrected chi connectivity index (χ4v) is 8.36. The molecular weight excluding hydrogens is 793 g/mol. The van der Waals surface area contributed by atoms with Crippen molar-refractivity contribution in [2.45, 2.75) is 316 Å². The Labute approximate surface area is 398 Å². The smallest absolute Gasteiger partial charge is 0.306 e. The van der Waals surface area contributed by atoms with Crippen LogP contribution in [-0.2, 0) is 28.6 Å². The van der Waals surface area contributed by atoms with E-state index in [-0.39, 0.29) is 31.1 Å². The summed E-state index contributed by atoms with van der Waals surface area (Å²) in [6, 6.07) is 0. The maximum absolute atomic E-state index is 12.8. The predicted octanol–water partition coefficient (Wildman–Crippen LogP) is 18.7. The molecule has 0 fully saturated rings. The second-order valence-corrected chi connectivity index (χ2v) is 19.2. The van der Waals surface area contributed by atoms with E-state index in [1.54, 1.807) is 0 Å². The number of allylic oxidation sites excluding steroid dienone is 4. The molecule has 0 radical (unpaired) electrons. The zero-order valence-electron chi connectivity index (χ0n) is 43.1. The third-order valence-electron chi connectivity index (χ3n) is 12.7. The molecule has 0 rings (SSSR count). The number of hydrogen-bond donors (Lipinski definition) is 0. The van der Waals surface area contributed by atoms with Crippen LogP contribution in [0.15, 0.2) is 24.3 Å². The standard InChI is InChI=1S/C58H108O6/c1-4-7-10-13-16-19-22-24-26-28-29-31-32-34-36-39-42-45-48-51-57(60)63-54-55(53-62-56(59)50-47-44-41-38-21-18-15-12-9-6-3)64-58(61)52-49-46-43-40-37-35-33-30-27-25-23-20-17-14-11-8-5-2/h15,18,28-29,55H,4-14,16-17,19-27,30-54H2,1-3H3/b18-15-,29-28-. The third-order valence-corrected chi connectivity index (χ3v) is 12.7. The molecule has 6 nitrogen and oxygen atoms in total. The van der Waals surface area contributed by atoms with Gasteiger partial charge >= 0.3 is 17.9 Å². The van der Waals surface area contributed by atoms with Crippen molar-refractivity contribution < 1.29 is 28.6 Å². The van der Waals surface area contributed by atoms with Crippen molar-refractivity contribution in [1.29, 1.82) is 0 Å². The van der Waals surface area contributed by atoms with Crippen molar-refractivity contribution in [3.8, 4) is 0 Å². The summed E-state index contributed by atoms with van der Waals surface area (Å²) in [6.07, 6.45) is 61.7. The summed E-state index contributed by atoms with van der Waals surface area (Å²) in [5, 5.41) is 0. The predicted molar refractivity (Wildman–Crippen MR) is 275 cm³/mol. The van der Waals surface area contributed by atoms with Crippen LogP contribution in [0.3, 0.4) is 0 Å². The van der Waals surface area contributed by atoms with Crippen LogP contribution in [0, 0.1) is 0 Å². The lowest BCUT2D eigenvalue weighted by Crippen LogP contribution is -2.30. The molecule has 1 unspecified atom stereocenters. The van der Waals surface area contributed by atoms with E-state index in [9.17, 15) is 14.4 Å². The Balaban J connectivity index is 4.27. The lowest BCUT2D eigenvalue weighted by molar-refractivity contribution is -0.167. The molecule has 0 spiro atoms. The second kappa shape index (κ2) is 53.5. The van der Waals surface area contributed by atoms with Gasteiger partial charge in [0.2, 0.25) is 0 Å². The Morgan fingerprint density at radius 3 is 0.828 bits per heavy atom. The van der Waals surface area contributed by atoms with Crippen LogP contribution in [0.4, 0.5) is 0 Å². The van der Waals surface area contributed by atoms with E-state index in [4.69, 9.17) is 14.2 Å². The average molecular weight is 901 g/mol. The van der Waals surface area contributed by atoms with E-state index in [0.717, 1.165) is 77.0 Å². The highest BCUT2D eigenvalue weighted by Gasteiger charge is 2.19. The first kappa shape index (κ1) is 61.9. The number of rotatable bonds is 52. The van der Waals surface area contributed by atoms with E-state index in [2.05, 4.69) is 45.1 Å². The van der Waals surface area contributed by atoms with E-state index in [0.29, 0.717) is 19.3 Å². The highest BCUT2D eigenvalue weighted by atomic mass is 16.6. The molecule has 0 aliphatic rings. The van der Waals surface area contributed by atoms with Crippen molar-refractivity contribution in [3.63, 3.8) is 0 Å². The van der Waals surface area contributed by atoms with Gasteiger partial charge in [0, 0.05) is 19.3 Å². The highest BCUT2D eigenvalue weighted by molar-refractivity contribution is 5.71. The van der Waals surface area contributed by atoms with E-state index < -0.39 is 6.10 Å². The molecule has 0 amide bonds. The van der Waals surface area contributed by atoms with Crippen molar-refractivity contribution in [1.82, 2.24) is 0 Å². The topological polar surface area (TPSA) is 78.9 Å². The van der Waals surface area contributed by atoms with Crippen molar-refractivity contribution >= 4 is 17.9 Å². The second-order valence-electron chi connectivity index (χ2n) is 19.2. The number of hydrogen-bond acceptors (Lipinski definition) is 6. The molecule has 0 aromatic heterocycles. The molecular formula is C58H108O6. The Morgan fingerprint density at radius 1 is 0.297 bits per heavy atom. The molecule has 0 aliphatic heterocycles. The van der Waals surface area contributed by atoms with Crippen LogP contribution < -0.4 is 0 Å². The van der Waals surface area contributed by atoms with Crippen LogP contribution in [0.5, 0.6) is 0 Å². The van der Waals surface area contributed by atoms with Gasteiger partial charge in [-0.25, -0.2) is 0 Å². The molecule has 376 valence electrons. The maximum Gasteiger partial charge on any atom is 0.306 e. The van der Waals surface area contributed by atoms with E-state index in [1.165, 1.54) is 193 Å². The van der Waals surface area contributed by atoms with Gasteiger partial charge in [-0.15, -0.1) is 0 Å². The van der Waals surface area contributed by atoms with Gasteiger partial charge in [0.15, 0.2) is 6.10 Å². The van der Waals surface area contributed by atoms with Gasteiger partial charge < -0.3 is 14.2 Å². The van der Waals surface area contributed by atoms with Crippen LogP contribution in [0.25, 0.3) is 0 Å². The van der Waals surface area contributed by atoms with Crippen LogP contribution in [-0.4, -0.2) is 37.2 Å². The number of ether oxygens (including phenoxy) is 3. The molecule has 0 aliphatic carbocycles. The van der Waals surface area contributed by atoms with Gasteiger partial charge in [-0.1, -0.05) is 251 Å². The fraction of sp³-hybridized carbons (Fsp3) is 0.879. The van der Waals surface area contributed by atoms with Crippen LogP contribution in [0.1, 0.15) is 310 Å². The van der Waals surface area contributed by atoms with Crippen molar-refractivity contribution in [2.75, 3.05) is 13.2 Å². The van der Waals surface area contributed by atoms with Crippen LogP contribution >= 0.6 is 0 Å². The summed E-state index contributed by atoms with van der Waals surface area (Å²) in [4.78, 5) is 38.0. The normalized spacial score (nSPS) is 12.1. The molecule has 6 heteroatoms. The summed E-state index contributed by atoms with van der Waals surface area (Å²) in [6.45, 7) is 6.63. The summed E-state index contributed by atoms with van der Waals surface area (Å²) in [7, 11) is 0. The molecule has 0 N–H and O–H groups in total. The van der Waals surface area contributed by atoms with Crippen molar-refractivity contribution in [2.24, 2.45) is 0 Å². The summed E-state index contributed by atoms with van der Waals surface area (Å²) in [5.41, 5.74) is 0. The zero-order chi connectivity index (χ0) is 46.5. The first-order chi connectivity index (χ1) is 31.5. The fourth-order valence-electron chi connectivity index (χ4n) is 8.36. The summed E-state index contributed by atoms with van der Waals surface area (Å²) >= 11 is 0. The molecule has 0 saturated heterocycles. The molecule has 64 heavy (non-hydrogen) atoms. The lowest BCUT2D eigenvalue weighted by Gasteiger charge is -2.18. The number of unbranched alkanes of at least 4 members (excludes halogenated alkanes) is 37. The molecule has 0 aromatic carbocycles. The Morgan fingerprint density at radius 2 is 0.531 bits per heavy atom. The maximum atomic E-state index is 12.8. The SMILES string of the molecule is CCCC/C=C\CCCCCCC(=O)OCC(COC(=O)CCCCCCCCC/C=C\CCCCCCCCCC)OC(=O)CCCCCCCCCCCCCCCCCCC. The Kier molecular flexibility index (Phi) is 51.7. The van der Waals surface area contributed by atoms with E-state index in [1.807, 2.05) is 0 Å². The molecule has 0 saturated carbocycles. The minimum absolute atomic E-state index is 0.0732. The first-order valence-corrected chi connectivity index (χ1v) is 28.3. The molecule has 0 aromatic rings. The molecule has 0 bridgehead atoms. The van der Waals surface area contributed by atoms with Gasteiger partial charge in [0.05, 0.1) is 0 Å². The quantitative estimate of drug-likeness (QED) is 0.0262. The number of carbonyl (C=O) groups is 3. The lowest BCUT2D eigenvalue weighted by atomic mass is 10.0. The van der Waals surface area contributed by atoms with Gasteiger partial charge in [-0.05, 0) is 64.2 Å². The minimum Gasteiger partial charge on any atom is -0.462 e. The Bertz CT molecular complexity index is 1040. The zero-order valence-corrected chi connectivity index (χ0v) is 43.1. The van der Waals surface area contributed by atoms with Crippen LogP contribution in [0.2, 0.25) is 0 Å². The first-order valence-electron chi connectivity index (χ1n) is 28.3. The van der Waals surface area contributed by atoms with Gasteiger partial charge in [-0.3, -0.25) is 14.4 Å². The van der Waals surface area contributed by atoms with Gasteiger partial charge in [0.25, 0.3) is 0 Å². The Hall–Kier alpha value is -2.11. The minimum atomic E-state index is -0.773. The number of esters is 3. The largest absolute Gasteiger partial charge is 0.462 e. The monoisotopic (exact) mass is 901 g/mol. The molecule has 0 heterocycles. The van der Waals surface area contributed by atoms with E-state index >= 15 is 0 Å². The third kappa shape index (κ3) is 50.9. The van der Waals surface area contributed by atoms with Gasteiger partial charge in [0.1, 0.15) is 13.2 Å². The van der Waals surface area contributed by atoms with Crippen molar-refractivity contribution in [3.05, 3.63) is 24.3 Å². The molecule has 1 atom stereocenters. The number of carbonyl (C=O) groups excluding carboxylic acids is 3. The summed E-state index contributed by atoms with van der Waals surface area (Å²) < 4.78 is 16.8. The van der Waals surface area contributed by atoms with Gasteiger partial charge in [-0.2, -0.15) is 0 Å². The average Bonchev–Trinajstić information content (AvgIpc) is 3.29. The highest BCUT2D eigenvalue weighted by Crippen LogP contribution is 2.16. The summed E-state index contributed by atoms with van der Waals surface area (Å²) in [5.74, 6) is -0.873.